The molecule has 1 aliphatic heterocycles. The van der Waals surface area contributed by atoms with E-state index in [0.29, 0.717) is 43.0 Å². The van der Waals surface area contributed by atoms with E-state index in [1.165, 1.54) is 18.2 Å². The van der Waals surface area contributed by atoms with Gasteiger partial charge in [-0.3, -0.25) is 25.0 Å². The van der Waals surface area contributed by atoms with Crippen molar-refractivity contribution in [3.8, 4) is 0 Å². The van der Waals surface area contributed by atoms with Crippen LogP contribution in [-0.2, 0) is 0 Å². The summed E-state index contributed by atoms with van der Waals surface area (Å²) in [5.74, 6) is -0.286. The SMILES string of the molecule is Cc1c(C(=O)N2CCN(c3ccc(Cl)cc3[N+](=O)[O-])CC2)cccc1[N+](=O)[O-]. The van der Waals surface area contributed by atoms with Crippen LogP contribution in [0.5, 0.6) is 0 Å². The lowest BCUT2D eigenvalue weighted by Gasteiger charge is -2.36. The lowest BCUT2D eigenvalue weighted by atomic mass is 10.1. The second-order valence-electron chi connectivity index (χ2n) is 6.38. The van der Waals surface area contributed by atoms with Crippen LogP contribution in [0.2, 0.25) is 5.02 Å². The van der Waals surface area contributed by atoms with Gasteiger partial charge in [-0.1, -0.05) is 17.7 Å². The van der Waals surface area contributed by atoms with E-state index in [2.05, 4.69) is 0 Å². The van der Waals surface area contributed by atoms with Crippen LogP contribution in [0.1, 0.15) is 15.9 Å². The Bertz CT molecular complexity index is 957. The number of benzene rings is 2. The standard InChI is InChI=1S/C18H17ClN4O5/c1-12-14(3-2-4-15(12)22(25)26)18(24)21-9-7-20(8-10-21)16-6-5-13(19)11-17(16)23(27)28/h2-6,11H,7-10H2,1H3. The molecule has 0 N–H and O–H groups in total. The monoisotopic (exact) mass is 404 g/mol. The molecule has 0 saturated carbocycles. The molecule has 0 bridgehead atoms. The fourth-order valence-corrected chi connectivity index (χ4v) is 3.45. The Morgan fingerprint density at radius 3 is 2.25 bits per heavy atom. The maximum atomic E-state index is 12.8. The van der Waals surface area contributed by atoms with Crippen molar-refractivity contribution in [2.24, 2.45) is 0 Å². The molecule has 3 rings (SSSR count). The minimum absolute atomic E-state index is 0.0817. The van der Waals surface area contributed by atoms with Crippen LogP contribution < -0.4 is 4.90 Å². The molecule has 1 heterocycles. The summed E-state index contributed by atoms with van der Waals surface area (Å²) in [6.45, 7) is 3.06. The molecule has 0 aliphatic carbocycles. The molecule has 2 aromatic rings. The van der Waals surface area contributed by atoms with Crippen molar-refractivity contribution in [1.82, 2.24) is 4.90 Å². The minimum Gasteiger partial charge on any atom is -0.362 e. The number of carbonyl (C=O) groups excluding carboxylic acids is 1. The van der Waals surface area contributed by atoms with Gasteiger partial charge in [0.1, 0.15) is 5.69 Å². The van der Waals surface area contributed by atoms with Crippen LogP contribution in [0, 0.1) is 27.2 Å². The van der Waals surface area contributed by atoms with E-state index in [1.54, 1.807) is 30.0 Å². The average molecular weight is 405 g/mol. The molecule has 0 atom stereocenters. The zero-order valence-corrected chi connectivity index (χ0v) is 15.8. The average Bonchev–Trinajstić information content (AvgIpc) is 2.67. The zero-order valence-electron chi connectivity index (χ0n) is 15.0. The van der Waals surface area contributed by atoms with Gasteiger partial charge in [-0.25, -0.2) is 0 Å². The van der Waals surface area contributed by atoms with Crippen molar-refractivity contribution in [1.29, 1.82) is 0 Å². The zero-order chi connectivity index (χ0) is 20.4. The quantitative estimate of drug-likeness (QED) is 0.570. The molecule has 0 spiro atoms. The Morgan fingerprint density at radius 1 is 1.00 bits per heavy atom. The van der Waals surface area contributed by atoms with Crippen LogP contribution in [0.15, 0.2) is 36.4 Å². The van der Waals surface area contributed by atoms with Crippen LogP contribution in [0.25, 0.3) is 0 Å². The van der Waals surface area contributed by atoms with E-state index in [4.69, 9.17) is 11.6 Å². The van der Waals surface area contributed by atoms with Gasteiger partial charge in [0.05, 0.1) is 9.85 Å². The molecule has 1 fully saturated rings. The third-order valence-electron chi connectivity index (χ3n) is 4.77. The second-order valence-corrected chi connectivity index (χ2v) is 6.81. The number of anilines is 1. The molecule has 0 aromatic heterocycles. The largest absolute Gasteiger partial charge is 0.362 e. The number of hydrogen-bond acceptors (Lipinski definition) is 6. The summed E-state index contributed by atoms with van der Waals surface area (Å²) in [4.78, 5) is 37.7. The van der Waals surface area contributed by atoms with Gasteiger partial charge < -0.3 is 9.80 Å². The Kier molecular flexibility index (Phi) is 5.46. The predicted molar refractivity (Wildman–Crippen MR) is 104 cm³/mol. The van der Waals surface area contributed by atoms with E-state index >= 15 is 0 Å². The van der Waals surface area contributed by atoms with Crippen molar-refractivity contribution in [2.45, 2.75) is 6.92 Å². The number of amides is 1. The summed E-state index contributed by atoms with van der Waals surface area (Å²) in [5, 5.41) is 22.7. The fraction of sp³-hybridized carbons (Fsp3) is 0.278. The summed E-state index contributed by atoms with van der Waals surface area (Å²) in [5.41, 5.74) is 0.893. The predicted octanol–water partition coefficient (Wildman–Crippen LogP) is 3.43. The van der Waals surface area contributed by atoms with Gasteiger partial charge in [0.15, 0.2) is 0 Å². The minimum atomic E-state index is -0.510. The summed E-state index contributed by atoms with van der Waals surface area (Å²) < 4.78 is 0. The first kappa shape index (κ1) is 19.6. The van der Waals surface area contributed by atoms with Gasteiger partial charge in [0.25, 0.3) is 17.3 Å². The summed E-state index contributed by atoms with van der Waals surface area (Å²) >= 11 is 5.86. The highest BCUT2D eigenvalue weighted by molar-refractivity contribution is 6.30. The fourth-order valence-electron chi connectivity index (χ4n) is 3.28. The van der Waals surface area contributed by atoms with E-state index in [1.807, 2.05) is 4.90 Å². The third kappa shape index (κ3) is 3.74. The molecule has 146 valence electrons. The van der Waals surface area contributed by atoms with Crippen molar-refractivity contribution >= 4 is 34.6 Å². The number of hydrogen-bond donors (Lipinski definition) is 0. The molecular formula is C18H17ClN4O5. The second kappa shape index (κ2) is 7.81. The topological polar surface area (TPSA) is 110 Å². The molecule has 0 unspecified atom stereocenters. The molecule has 1 aliphatic rings. The van der Waals surface area contributed by atoms with Crippen molar-refractivity contribution in [3.63, 3.8) is 0 Å². The lowest BCUT2D eigenvalue weighted by molar-refractivity contribution is -0.385. The van der Waals surface area contributed by atoms with Gasteiger partial charge in [0, 0.05) is 54.5 Å². The van der Waals surface area contributed by atoms with Crippen LogP contribution in [0.4, 0.5) is 17.1 Å². The first-order valence-electron chi connectivity index (χ1n) is 8.51. The Balaban J connectivity index is 1.76. The highest BCUT2D eigenvalue weighted by atomic mass is 35.5. The highest BCUT2D eigenvalue weighted by Crippen LogP contribution is 2.32. The Labute approximate surface area is 165 Å². The number of carbonyl (C=O) groups is 1. The van der Waals surface area contributed by atoms with Crippen molar-refractivity contribution in [3.05, 3.63) is 72.8 Å². The van der Waals surface area contributed by atoms with E-state index < -0.39 is 9.85 Å². The molecular weight excluding hydrogens is 388 g/mol. The van der Waals surface area contributed by atoms with E-state index in [0.717, 1.165) is 0 Å². The summed E-state index contributed by atoms with van der Waals surface area (Å²) in [7, 11) is 0. The van der Waals surface area contributed by atoms with Crippen LogP contribution in [0.3, 0.4) is 0 Å². The molecule has 28 heavy (non-hydrogen) atoms. The number of nitro benzene ring substituents is 2. The van der Waals surface area contributed by atoms with Gasteiger partial charge in [-0.15, -0.1) is 0 Å². The Hall–Kier alpha value is -3.20. The van der Waals surface area contributed by atoms with Gasteiger partial charge in [-0.2, -0.15) is 0 Å². The Morgan fingerprint density at radius 2 is 1.64 bits per heavy atom. The van der Waals surface area contributed by atoms with E-state index in [9.17, 15) is 25.0 Å². The first-order chi connectivity index (χ1) is 13.3. The van der Waals surface area contributed by atoms with Gasteiger partial charge >= 0.3 is 0 Å². The number of nitrogens with zero attached hydrogens (tertiary/aromatic N) is 4. The lowest BCUT2D eigenvalue weighted by Crippen LogP contribution is -2.49. The maximum absolute atomic E-state index is 12.8. The smallest absolute Gasteiger partial charge is 0.294 e. The molecule has 9 nitrogen and oxygen atoms in total. The molecule has 0 radical (unpaired) electrons. The van der Waals surface area contributed by atoms with Crippen LogP contribution in [-0.4, -0.2) is 46.8 Å². The van der Waals surface area contributed by atoms with E-state index in [-0.39, 0.29) is 22.3 Å². The number of nitro groups is 2. The molecule has 10 heteroatoms. The van der Waals surface area contributed by atoms with Gasteiger partial charge in [0.2, 0.25) is 0 Å². The summed E-state index contributed by atoms with van der Waals surface area (Å²) in [6.07, 6.45) is 0. The van der Waals surface area contributed by atoms with Crippen molar-refractivity contribution in [2.75, 3.05) is 31.1 Å². The molecule has 2 aromatic carbocycles. The maximum Gasteiger partial charge on any atom is 0.294 e. The molecule has 1 amide bonds. The van der Waals surface area contributed by atoms with Gasteiger partial charge in [-0.05, 0) is 25.1 Å². The van der Waals surface area contributed by atoms with Crippen LogP contribution >= 0.6 is 11.6 Å². The first-order valence-corrected chi connectivity index (χ1v) is 8.89. The third-order valence-corrected chi connectivity index (χ3v) is 5.01. The number of piperazine rings is 1. The molecule has 1 saturated heterocycles. The van der Waals surface area contributed by atoms with Crippen molar-refractivity contribution < 1.29 is 14.6 Å². The number of rotatable bonds is 4. The summed E-state index contributed by atoms with van der Waals surface area (Å²) in [6, 6.07) is 8.92. The normalized spacial score (nSPS) is 14.1. The number of halogens is 1. The highest BCUT2D eigenvalue weighted by Gasteiger charge is 2.28.